The topological polar surface area (TPSA) is 28.7 Å². The van der Waals surface area contributed by atoms with E-state index in [0.717, 1.165) is 18.7 Å². The van der Waals surface area contributed by atoms with E-state index in [1.54, 1.807) is 0 Å². The Kier molecular flexibility index (Phi) is 2.70. The van der Waals surface area contributed by atoms with Gasteiger partial charge in [-0.05, 0) is 31.0 Å². The van der Waals surface area contributed by atoms with Gasteiger partial charge in [0.15, 0.2) is 0 Å². The number of rotatable bonds is 2. The normalized spacial score (nSPS) is 14.8. The zero-order valence-corrected chi connectivity index (χ0v) is 10.2. The molecule has 1 aliphatic carbocycles. The Labute approximate surface area is 108 Å². The Bertz CT molecular complexity index is 642. The molecule has 1 aromatic carbocycles. The van der Waals surface area contributed by atoms with Crippen LogP contribution in [0.4, 0.5) is 8.78 Å². The molecule has 1 fully saturated rings. The van der Waals surface area contributed by atoms with Crippen LogP contribution in [0, 0.1) is 16.3 Å². The van der Waals surface area contributed by atoms with E-state index in [1.165, 1.54) is 24.3 Å². The first-order chi connectivity index (χ1) is 8.65. The van der Waals surface area contributed by atoms with E-state index in [0.29, 0.717) is 16.3 Å². The molecule has 0 radical (unpaired) electrons. The number of halogens is 2. The summed E-state index contributed by atoms with van der Waals surface area (Å²) in [7, 11) is 0. The van der Waals surface area contributed by atoms with Crippen molar-refractivity contribution in [1.29, 1.82) is 0 Å². The Hall–Kier alpha value is -1.62. The van der Waals surface area contributed by atoms with Crippen LogP contribution >= 0.6 is 12.2 Å². The van der Waals surface area contributed by atoms with Crippen LogP contribution < -0.4 is 0 Å². The molecule has 18 heavy (non-hydrogen) atoms. The molecule has 1 saturated carbocycles. The van der Waals surface area contributed by atoms with Crippen LogP contribution in [0.15, 0.2) is 24.3 Å². The van der Waals surface area contributed by atoms with E-state index >= 15 is 0 Å². The van der Waals surface area contributed by atoms with Crippen molar-refractivity contribution < 1.29 is 8.78 Å². The molecule has 92 valence electrons. The Morgan fingerprint density at radius 3 is 2.50 bits per heavy atom. The molecule has 0 bridgehead atoms. The molecule has 2 nitrogen and oxygen atoms in total. The van der Waals surface area contributed by atoms with Gasteiger partial charge in [0.2, 0.25) is 0 Å². The predicted molar refractivity (Wildman–Crippen MR) is 66.7 cm³/mol. The number of nitrogens with one attached hydrogen (secondary N) is 1. The Morgan fingerprint density at radius 1 is 1.22 bits per heavy atom. The van der Waals surface area contributed by atoms with Gasteiger partial charge in [0.05, 0.1) is 11.3 Å². The van der Waals surface area contributed by atoms with E-state index in [2.05, 4.69) is 9.97 Å². The highest BCUT2D eigenvalue weighted by Gasteiger charge is 2.26. The highest BCUT2D eigenvalue weighted by molar-refractivity contribution is 7.71. The van der Waals surface area contributed by atoms with Crippen LogP contribution in [0.1, 0.15) is 24.6 Å². The molecule has 0 amide bonds. The van der Waals surface area contributed by atoms with Crippen molar-refractivity contribution >= 4 is 12.2 Å². The predicted octanol–water partition coefficient (Wildman–Crippen LogP) is 3.96. The number of aromatic nitrogens is 2. The summed E-state index contributed by atoms with van der Waals surface area (Å²) in [4.78, 5) is 7.18. The average Bonchev–Trinajstić information content (AvgIpc) is 3.11. The standard InChI is InChI=1S/C13H10F2N2S/c14-8-2-1-3-9(15)12(8)10-6-11(18)17-13(16-10)7-4-5-7/h1-3,6-7H,4-5H2,(H,16,17,18). The van der Waals surface area contributed by atoms with Crippen LogP contribution in [0.25, 0.3) is 11.3 Å². The molecule has 3 rings (SSSR count). The summed E-state index contributed by atoms with van der Waals surface area (Å²) in [6.45, 7) is 0. The van der Waals surface area contributed by atoms with E-state index in [4.69, 9.17) is 12.2 Å². The summed E-state index contributed by atoms with van der Waals surface area (Å²) in [5.41, 5.74) is 0.278. The third kappa shape index (κ3) is 2.06. The lowest BCUT2D eigenvalue weighted by molar-refractivity contribution is 0.588. The lowest BCUT2D eigenvalue weighted by atomic mass is 10.1. The van der Waals surface area contributed by atoms with Gasteiger partial charge in [0.1, 0.15) is 22.1 Å². The number of benzene rings is 1. The first kappa shape index (κ1) is 11.5. The Balaban J connectivity index is 2.19. The van der Waals surface area contributed by atoms with E-state index in [9.17, 15) is 8.78 Å². The molecular weight excluding hydrogens is 254 g/mol. The SMILES string of the molecule is Fc1cccc(F)c1-c1cc(=S)nc(C2CC2)[nH]1. The molecule has 0 atom stereocenters. The van der Waals surface area contributed by atoms with Gasteiger partial charge >= 0.3 is 0 Å². The number of hydrogen-bond acceptors (Lipinski definition) is 2. The average molecular weight is 264 g/mol. The number of nitrogens with zero attached hydrogens (tertiary/aromatic N) is 1. The molecule has 0 spiro atoms. The van der Waals surface area contributed by atoms with E-state index < -0.39 is 11.6 Å². The number of H-pyrrole nitrogens is 1. The van der Waals surface area contributed by atoms with Gasteiger partial charge in [-0.15, -0.1) is 0 Å². The van der Waals surface area contributed by atoms with Crippen LogP contribution in [-0.2, 0) is 0 Å². The van der Waals surface area contributed by atoms with Gasteiger partial charge in [0.25, 0.3) is 0 Å². The molecule has 0 unspecified atom stereocenters. The van der Waals surface area contributed by atoms with Crippen LogP contribution in [0.5, 0.6) is 0 Å². The van der Waals surface area contributed by atoms with Crippen LogP contribution in [-0.4, -0.2) is 9.97 Å². The molecule has 1 heterocycles. The maximum atomic E-state index is 13.7. The van der Waals surface area contributed by atoms with Gasteiger partial charge in [-0.3, -0.25) is 0 Å². The summed E-state index contributed by atoms with van der Waals surface area (Å²) < 4.78 is 27.8. The largest absolute Gasteiger partial charge is 0.343 e. The minimum atomic E-state index is -0.603. The highest BCUT2D eigenvalue weighted by atomic mass is 32.1. The molecule has 0 saturated heterocycles. The van der Waals surface area contributed by atoms with Gasteiger partial charge < -0.3 is 4.98 Å². The van der Waals surface area contributed by atoms with Crippen molar-refractivity contribution in [2.75, 3.05) is 0 Å². The fraction of sp³-hybridized carbons (Fsp3) is 0.231. The minimum Gasteiger partial charge on any atom is -0.343 e. The second-order valence-electron chi connectivity index (χ2n) is 4.39. The number of hydrogen-bond donors (Lipinski definition) is 1. The van der Waals surface area contributed by atoms with Crippen molar-refractivity contribution in [2.45, 2.75) is 18.8 Å². The summed E-state index contributed by atoms with van der Waals surface area (Å²) >= 11 is 5.04. The number of aromatic amines is 1. The van der Waals surface area contributed by atoms with Gasteiger partial charge in [-0.2, -0.15) is 0 Å². The van der Waals surface area contributed by atoms with Crippen molar-refractivity contribution in [3.8, 4) is 11.3 Å². The van der Waals surface area contributed by atoms with E-state index in [1.807, 2.05) is 0 Å². The molecular formula is C13H10F2N2S. The molecule has 1 N–H and O–H groups in total. The van der Waals surface area contributed by atoms with Crippen molar-refractivity contribution in [1.82, 2.24) is 9.97 Å². The summed E-state index contributed by atoms with van der Waals surface area (Å²) in [5.74, 6) is -0.135. The monoisotopic (exact) mass is 264 g/mol. The summed E-state index contributed by atoms with van der Waals surface area (Å²) in [6.07, 6.45) is 2.09. The smallest absolute Gasteiger partial charge is 0.135 e. The molecule has 5 heteroatoms. The van der Waals surface area contributed by atoms with E-state index in [-0.39, 0.29) is 5.56 Å². The van der Waals surface area contributed by atoms with Gasteiger partial charge in [0, 0.05) is 5.92 Å². The summed E-state index contributed by atoms with van der Waals surface area (Å²) in [5, 5.41) is 0. The first-order valence-electron chi connectivity index (χ1n) is 5.71. The second kappa shape index (κ2) is 4.24. The minimum absolute atomic E-state index is 0.0760. The maximum Gasteiger partial charge on any atom is 0.135 e. The van der Waals surface area contributed by atoms with Crippen LogP contribution in [0.2, 0.25) is 0 Å². The van der Waals surface area contributed by atoms with Crippen molar-refractivity contribution in [3.05, 3.63) is 46.4 Å². The van der Waals surface area contributed by atoms with Crippen LogP contribution in [0.3, 0.4) is 0 Å². The molecule has 0 aliphatic heterocycles. The lowest BCUT2D eigenvalue weighted by Gasteiger charge is -2.07. The highest BCUT2D eigenvalue weighted by Crippen LogP contribution is 2.38. The third-order valence-corrected chi connectivity index (χ3v) is 3.17. The fourth-order valence-corrected chi connectivity index (χ4v) is 2.13. The Morgan fingerprint density at radius 2 is 1.89 bits per heavy atom. The second-order valence-corrected chi connectivity index (χ2v) is 4.81. The summed E-state index contributed by atoms with van der Waals surface area (Å²) in [6, 6.07) is 5.29. The van der Waals surface area contributed by atoms with Gasteiger partial charge in [-0.25, -0.2) is 13.8 Å². The lowest BCUT2D eigenvalue weighted by Crippen LogP contribution is -1.98. The van der Waals surface area contributed by atoms with Crippen molar-refractivity contribution in [3.63, 3.8) is 0 Å². The van der Waals surface area contributed by atoms with Crippen molar-refractivity contribution in [2.24, 2.45) is 0 Å². The fourth-order valence-electron chi connectivity index (χ4n) is 1.92. The molecule has 1 aromatic heterocycles. The third-order valence-electron chi connectivity index (χ3n) is 2.96. The quantitative estimate of drug-likeness (QED) is 0.832. The molecule has 2 aromatic rings. The zero-order chi connectivity index (χ0) is 12.7. The molecule has 1 aliphatic rings. The first-order valence-corrected chi connectivity index (χ1v) is 6.11. The van der Waals surface area contributed by atoms with Gasteiger partial charge in [-0.1, -0.05) is 18.3 Å². The zero-order valence-electron chi connectivity index (χ0n) is 9.41. The maximum absolute atomic E-state index is 13.7.